The zero-order valence-electron chi connectivity index (χ0n) is 9.93. The molecular weight excluding hydrogens is 275 g/mol. The fourth-order valence-corrected chi connectivity index (χ4v) is 2.27. The molecule has 0 fully saturated rings. The fourth-order valence-electron chi connectivity index (χ4n) is 1.71. The number of halogens is 2. The van der Waals surface area contributed by atoms with Gasteiger partial charge in [-0.15, -0.1) is 0 Å². The number of benzene rings is 1. The minimum atomic E-state index is -0.528. The van der Waals surface area contributed by atoms with Crippen molar-refractivity contribution in [1.29, 1.82) is 0 Å². The summed E-state index contributed by atoms with van der Waals surface area (Å²) in [7, 11) is 3.11. The molecule has 0 aliphatic heterocycles. The van der Waals surface area contributed by atoms with E-state index in [0.29, 0.717) is 15.7 Å². The average Bonchev–Trinajstić information content (AvgIpc) is 2.80. The van der Waals surface area contributed by atoms with E-state index in [0.717, 1.165) is 5.69 Å². The van der Waals surface area contributed by atoms with Gasteiger partial charge in [0.1, 0.15) is 11.4 Å². The first-order valence-electron chi connectivity index (χ1n) is 5.23. The van der Waals surface area contributed by atoms with Crippen LogP contribution in [0.4, 0.5) is 0 Å². The van der Waals surface area contributed by atoms with Crippen molar-refractivity contribution in [1.82, 2.24) is 9.78 Å². The Morgan fingerprint density at radius 2 is 1.72 bits per heavy atom. The molecule has 0 radical (unpaired) electrons. The van der Waals surface area contributed by atoms with Crippen LogP contribution >= 0.6 is 23.2 Å². The Morgan fingerprint density at radius 1 is 1.11 bits per heavy atom. The van der Waals surface area contributed by atoms with E-state index in [1.54, 1.807) is 49.4 Å². The second-order valence-electron chi connectivity index (χ2n) is 3.54. The minimum absolute atomic E-state index is 0.512. The predicted octanol–water partition coefficient (Wildman–Crippen LogP) is 3.47. The molecule has 0 saturated heterocycles. The number of hydrogen-bond acceptors (Lipinski definition) is 3. The van der Waals surface area contributed by atoms with Crippen LogP contribution in [0, 0.1) is 0 Å². The van der Waals surface area contributed by atoms with Gasteiger partial charge in [0, 0.05) is 20.4 Å². The monoisotopic (exact) mass is 286 g/mol. The lowest BCUT2D eigenvalue weighted by Crippen LogP contribution is -2.11. The first-order chi connectivity index (χ1) is 8.69. The first-order valence-corrected chi connectivity index (χ1v) is 5.98. The third kappa shape index (κ3) is 2.37. The number of hydrogen-bond donors (Lipinski definition) is 0. The van der Waals surface area contributed by atoms with Crippen molar-refractivity contribution in [3.05, 3.63) is 46.2 Å². The molecule has 0 atom stereocenters. The molecule has 0 aliphatic carbocycles. The maximum Gasteiger partial charge on any atom is 0.200 e. The van der Waals surface area contributed by atoms with Gasteiger partial charge >= 0.3 is 0 Å². The molecule has 96 valence electrons. The van der Waals surface area contributed by atoms with Gasteiger partial charge in [-0.3, -0.25) is 0 Å². The van der Waals surface area contributed by atoms with Gasteiger partial charge in [-0.05, 0) is 18.2 Å². The summed E-state index contributed by atoms with van der Waals surface area (Å²) in [5.41, 5.74) is 1.33. The second-order valence-corrected chi connectivity index (χ2v) is 4.36. The number of aromatic nitrogens is 2. The molecule has 0 spiro atoms. The quantitative estimate of drug-likeness (QED) is 0.808. The van der Waals surface area contributed by atoms with Crippen LogP contribution in [0.5, 0.6) is 0 Å². The third-order valence-electron chi connectivity index (χ3n) is 2.49. The van der Waals surface area contributed by atoms with Crippen LogP contribution < -0.4 is 0 Å². The molecule has 1 heterocycles. The molecule has 4 nitrogen and oxygen atoms in total. The van der Waals surface area contributed by atoms with Crippen LogP contribution in [0.3, 0.4) is 0 Å². The Labute approximate surface area is 115 Å². The summed E-state index contributed by atoms with van der Waals surface area (Å²) in [6.45, 7) is 0. The van der Waals surface area contributed by atoms with Gasteiger partial charge in [0.25, 0.3) is 0 Å². The van der Waals surface area contributed by atoms with Crippen LogP contribution in [0.15, 0.2) is 30.5 Å². The van der Waals surface area contributed by atoms with E-state index in [1.165, 1.54) is 0 Å². The minimum Gasteiger partial charge on any atom is -0.350 e. The van der Waals surface area contributed by atoms with E-state index in [9.17, 15) is 0 Å². The molecule has 0 unspecified atom stereocenters. The molecule has 6 heteroatoms. The molecule has 0 aliphatic rings. The number of nitrogens with zero attached hydrogens (tertiary/aromatic N) is 2. The Balaban J connectivity index is 2.55. The lowest BCUT2D eigenvalue weighted by atomic mass is 10.3. The van der Waals surface area contributed by atoms with E-state index in [1.807, 2.05) is 0 Å². The van der Waals surface area contributed by atoms with Gasteiger partial charge in [0.05, 0.1) is 10.0 Å². The van der Waals surface area contributed by atoms with Crippen molar-refractivity contribution in [2.24, 2.45) is 0 Å². The van der Waals surface area contributed by atoms with Crippen LogP contribution in [-0.2, 0) is 9.47 Å². The summed E-state index contributed by atoms with van der Waals surface area (Å²) < 4.78 is 12.0. The molecule has 0 bridgehead atoms. The first kappa shape index (κ1) is 13.4. The van der Waals surface area contributed by atoms with Crippen LogP contribution in [-0.4, -0.2) is 24.0 Å². The van der Waals surface area contributed by atoms with E-state index in [4.69, 9.17) is 32.7 Å². The molecule has 1 aromatic heterocycles. The summed E-state index contributed by atoms with van der Waals surface area (Å²) in [4.78, 5) is 0. The molecule has 18 heavy (non-hydrogen) atoms. The van der Waals surface area contributed by atoms with E-state index >= 15 is 0 Å². The lowest BCUT2D eigenvalue weighted by Gasteiger charge is -2.16. The number of ether oxygens (including phenoxy) is 2. The van der Waals surface area contributed by atoms with Gasteiger partial charge in [-0.25, -0.2) is 4.68 Å². The molecule has 0 saturated carbocycles. The van der Waals surface area contributed by atoms with E-state index < -0.39 is 6.29 Å². The molecular formula is C12H12Cl2N2O2. The Hall–Kier alpha value is -1.07. The van der Waals surface area contributed by atoms with E-state index in [-0.39, 0.29) is 0 Å². The van der Waals surface area contributed by atoms with Gasteiger partial charge in [0.15, 0.2) is 0 Å². The maximum absolute atomic E-state index is 6.16. The summed E-state index contributed by atoms with van der Waals surface area (Å²) in [6.07, 6.45) is 1.11. The van der Waals surface area contributed by atoms with Crippen LogP contribution in [0.1, 0.15) is 12.0 Å². The highest BCUT2D eigenvalue weighted by Gasteiger charge is 2.18. The zero-order valence-corrected chi connectivity index (χ0v) is 11.4. The smallest absolute Gasteiger partial charge is 0.200 e. The summed E-state index contributed by atoms with van der Waals surface area (Å²) in [5, 5.41) is 5.24. The summed E-state index contributed by atoms with van der Waals surface area (Å²) in [6, 6.07) is 7.07. The summed E-state index contributed by atoms with van der Waals surface area (Å²) >= 11 is 12.3. The normalized spacial score (nSPS) is 11.2. The molecule has 1 aromatic carbocycles. The predicted molar refractivity (Wildman–Crippen MR) is 70.3 cm³/mol. The van der Waals surface area contributed by atoms with Crippen LogP contribution in [0.25, 0.3) is 5.69 Å². The number of rotatable bonds is 4. The van der Waals surface area contributed by atoms with Crippen molar-refractivity contribution in [2.45, 2.75) is 6.29 Å². The van der Waals surface area contributed by atoms with Gasteiger partial charge in [0.2, 0.25) is 6.29 Å². The lowest BCUT2D eigenvalue weighted by molar-refractivity contribution is -0.109. The van der Waals surface area contributed by atoms with Gasteiger partial charge in [-0.2, -0.15) is 5.10 Å². The Morgan fingerprint density at radius 3 is 2.28 bits per heavy atom. The van der Waals surface area contributed by atoms with Crippen molar-refractivity contribution in [2.75, 3.05) is 14.2 Å². The maximum atomic E-state index is 6.16. The number of methoxy groups -OCH3 is 2. The second kappa shape index (κ2) is 5.71. The zero-order chi connectivity index (χ0) is 13.1. The Kier molecular flexibility index (Phi) is 4.24. The molecule has 2 rings (SSSR count). The average molecular weight is 287 g/mol. The number of para-hydroxylation sites is 1. The van der Waals surface area contributed by atoms with E-state index in [2.05, 4.69) is 5.10 Å². The third-order valence-corrected chi connectivity index (χ3v) is 3.10. The summed E-state index contributed by atoms with van der Waals surface area (Å²) in [5.74, 6) is 0. The van der Waals surface area contributed by atoms with Crippen molar-refractivity contribution >= 4 is 23.2 Å². The molecule has 0 N–H and O–H groups in total. The standard InChI is InChI=1S/C12H12Cl2N2O2/c1-17-12(18-2)10-6-7-15-16(10)11-8(13)4-3-5-9(11)14/h3-7,12H,1-2H3. The topological polar surface area (TPSA) is 36.3 Å². The Bertz CT molecular complexity index is 518. The highest BCUT2D eigenvalue weighted by atomic mass is 35.5. The highest BCUT2D eigenvalue weighted by molar-refractivity contribution is 6.37. The van der Waals surface area contributed by atoms with Crippen molar-refractivity contribution in [3.8, 4) is 5.69 Å². The SMILES string of the molecule is COC(OC)c1ccnn1-c1c(Cl)cccc1Cl. The molecule has 2 aromatic rings. The van der Waals surface area contributed by atoms with Crippen molar-refractivity contribution in [3.63, 3.8) is 0 Å². The van der Waals surface area contributed by atoms with Crippen LogP contribution in [0.2, 0.25) is 10.0 Å². The van der Waals surface area contributed by atoms with Gasteiger partial charge < -0.3 is 9.47 Å². The largest absolute Gasteiger partial charge is 0.350 e. The van der Waals surface area contributed by atoms with Crippen molar-refractivity contribution < 1.29 is 9.47 Å². The molecule has 0 amide bonds. The fraction of sp³-hybridized carbons (Fsp3) is 0.250. The highest BCUT2D eigenvalue weighted by Crippen LogP contribution is 2.30. The van der Waals surface area contributed by atoms with Gasteiger partial charge in [-0.1, -0.05) is 29.3 Å².